The molecule has 1 aromatic carbocycles. The Morgan fingerprint density at radius 3 is 2.37 bits per heavy atom. The van der Waals surface area contributed by atoms with Crippen molar-refractivity contribution in [2.24, 2.45) is 0 Å². The lowest BCUT2D eigenvalue weighted by Gasteiger charge is -2.12. The zero-order valence-corrected chi connectivity index (χ0v) is 10.5. The minimum atomic E-state index is -0.542. The van der Waals surface area contributed by atoms with Crippen molar-refractivity contribution in [1.82, 2.24) is 5.06 Å². The molecule has 1 fully saturated rings. The van der Waals surface area contributed by atoms with E-state index >= 15 is 0 Å². The van der Waals surface area contributed by atoms with E-state index in [1.165, 1.54) is 0 Å². The number of carbonyl (C=O) groups excluding carboxylic acids is 3. The quantitative estimate of drug-likeness (QED) is 0.755. The number of imide groups is 1. The van der Waals surface area contributed by atoms with Crippen LogP contribution in [0.1, 0.15) is 31.2 Å². The predicted molar refractivity (Wildman–Crippen MR) is 66.6 cm³/mol. The van der Waals surface area contributed by atoms with Crippen LogP contribution in [0.2, 0.25) is 0 Å². The van der Waals surface area contributed by atoms with Gasteiger partial charge in [0.05, 0.1) is 0 Å². The average molecular weight is 261 g/mol. The Morgan fingerprint density at radius 2 is 1.74 bits per heavy atom. The Morgan fingerprint density at radius 1 is 1.11 bits per heavy atom. The highest BCUT2D eigenvalue weighted by molar-refractivity contribution is 6.01. The second-order valence-corrected chi connectivity index (χ2v) is 4.38. The summed E-state index contributed by atoms with van der Waals surface area (Å²) >= 11 is 0. The summed E-state index contributed by atoms with van der Waals surface area (Å²) in [5.74, 6) is -1.43. The van der Waals surface area contributed by atoms with Crippen molar-refractivity contribution in [2.45, 2.75) is 32.1 Å². The molecular weight excluding hydrogens is 246 g/mol. The predicted octanol–water partition coefficient (Wildman–Crippen LogP) is 1.62. The van der Waals surface area contributed by atoms with Gasteiger partial charge in [0.25, 0.3) is 11.8 Å². The molecule has 5 nitrogen and oxygen atoms in total. The summed E-state index contributed by atoms with van der Waals surface area (Å²) in [5.41, 5.74) is 1.14. The van der Waals surface area contributed by atoms with Gasteiger partial charge in [0.15, 0.2) is 0 Å². The highest BCUT2D eigenvalue weighted by atomic mass is 16.7. The van der Waals surface area contributed by atoms with Crippen LogP contribution in [0, 0.1) is 0 Å². The lowest BCUT2D eigenvalue weighted by atomic mass is 10.1. The number of hydrogen-bond acceptors (Lipinski definition) is 4. The molecule has 1 heterocycles. The van der Waals surface area contributed by atoms with Gasteiger partial charge in [-0.3, -0.25) is 9.59 Å². The highest BCUT2D eigenvalue weighted by Crippen LogP contribution is 2.13. The fraction of sp³-hybridized carbons (Fsp3) is 0.357. The number of carbonyl (C=O) groups is 3. The minimum absolute atomic E-state index is 0.121. The minimum Gasteiger partial charge on any atom is -0.330 e. The molecule has 2 amide bonds. The van der Waals surface area contributed by atoms with E-state index in [0.717, 1.165) is 12.0 Å². The van der Waals surface area contributed by atoms with Gasteiger partial charge in [0.1, 0.15) is 0 Å². The van der Waals surface area contributed by atoms with Crippen LogP contribution in [0.4, 0.5) is 0 Å². The number of benzene rings is 1. The van der Waals surface area contributed by atoms with Crippen molar-refractivity contribution in [3.63, 3.8) is 0 Å². The first kappa shape index (κ1) is 13.3. The summed E-state index contributed by atoms with van der Waals surface area (Å²) in [4.78, 5) is 38.8. The third kappa shape index (κ3) is 3.64. The Balaban J connectivity index is 1.73. The summed E-state index contributed by atoms with van der Waals surface area (Å²) in [6, 6.07) is 9.78. The molecule has 1 saturated heterocycles. The van der Waals surface area contributed by atoms with Crippen LogP contribution in [0.3, 0.4) is 0 Å². The van der Waals surface area contributed by atoms with Gasteiger partial charge in [-0.2, -0.15) is 0 Å². The van der Waals surface area contributed by atoms with Gasteiger partial charge in [0, 0.05) is 19.3 Å². The van der Waals surface area contributed by atoms with Crippen molar-refractivity contribution in [3.05, 3.63) is 35.9 Å². The normalized spacial score (nSPS) is 14.8. The molecule has 0 unspecified atom stereocenters. The van der Waals surface area contributed by atoms with E-state index in [1.54, 1.807) is 0 Å². The lowest BCUT2D eigenvalue weighted by molar-refractivity contribution is -0.197. The summed E-state index contributed by atoms with van der Waals surface area (Å²) in [6.07, 6.45) is 1.81. The van der Waals surface area contributed by atoms with Crippen LogP contribution in [0.5, 0.6) is 0 Å². The first-order chi connectivity index (χ1) is 9.16. The van der Waals surface area contributed by atoms with Crippen LogP contribution in [0.15, 0.2) is 30.3 Å². The first-order valence-corrected chi connectivity index (χ1v) is 6.27. The molecule has 1 aliphatic heterocycles. The third-order valence-corrected chi connectivity index (χ3v) is 2.89. The van der Waals surface area contributed by atoms with Gasteiger partial charge in [-0.25, -0.2) is 4.79 Å². The average Bonchev–Trinajstić information content (AvgIpc) is 2.72. The van der Waals surface area contributed by atoms with Crippen molar-refractivity contribution >= 4 is 17.8 Å². The fourth-order valence-electron chi connectivity index (χ4n) is 1.89. The van der Waals surface area contributed by atoms with Crippen molar-refractivity contribution in [3.8, 4) is 0 Å². The van der Waals surface area contributed by atoms with Gasteiger partial charge in [-0.15, -0.1) is 5.06 Å². The van der Waals surface area contributed by atoms with E-state index in [2.05, 4.69) is 0 Å². The van der Waals surface area contributed by atoms with Crippen molar-refractivity contribution in [2.75, 3.05) is 0 Å². The monoisotopic (exact) mass is 261 g/mol. The topological polar surface area (TPSA) is 63.7 Å². The molecule has 5 heteroatoms. The molecular formula is C14H15NO4. The zero-order valence-electron chi connectivity index (χ0n) is 10.5. The van der Waals surface area contributed by atoms with Gasteiger partial charge < -0.3 is 4.84 Å². The van der Waals surface area contributed by atoms with Gasteiger partial charge in [-0.05, 0) is 18.4 Å². The summed E-state index contributed by atoms with van der Waals surface area (Å²) < 4.78 is 0. The van der Waals surface area contributed by atoms with E-state index in [9.17, 15) is 14.4 Å². The highest BCUT2D eigenvalue weighted by Gasteiger charge is 2.32. The molecule has 0 atom stereocenters. The van der Waals surface area contributed by atoms with Crippen LogP contribution >= 0.6 is 0 Å². The number of rotatable bonds is 5. The molecule has 0 saturated carbocycles. The Hall–Kier alpha value is -2.17. The molecule has 0 radical (unpaired) electrons. The van der Waals surface area contributed by atoms with E-state index < -0.39 is 17.8 Å². The lowest BCUT2D eigenvalue weighted by Crippen LogP contribution is -2.31. The number of amides is 2. The van der Waals surface area contributed by atoms with E-state index in [0.29, 0.717) is 11.5 Å². The second kappa shape index (κ2) is 6.13. The molecule has 2 rings (SSSR count). The number of nitrogens with zero attached hydrogens (tertiary/aromatic N) is 1. The van der Waals surface area contributed by atoms with Crippen LogP contribution in [0.25, 0.3) is 0 Å². The van der Waals surface area contributed by atoms with E-state index in [-0.39, 0.29) is 19.3 Å². The molecule has 0 bridgehead atoms. The van der Waals surface area contributed by atoms with Gasteiger partial charge in [0.2, 0.25) is 0 Å². The summed E-state index contributed by atoms with van der Waals surface area (Å²) in [5, 5.41) is 0.588. The van der Waals surface area contributed by atoms with Gasteiger partial charge >= 0.3 is 5.97 Å². The van der Waals surface area contributed by atoms with E-state index in [4.69, 9.17) is 4.84 Å². The maximum absolute atomic E-state index is 11.5. The molecule has 1 aliphatic rings. The third-order valence-electron chi connectivity index (χ3n) is 2.89. The van der Waals surface area contributed by atoms with Crippen molar-refractivity contribution in [1.29, 1.82) is 0 Å². The molecule has 0 aromatic heterocycles. The summed E-state index contributed by atoms with van der Waals surface area (Å²) in [6.45, 7) is 0. The van der Waals surface area contributed by atoms with Crippen LogP contribution < -0.4 is 0 Å². The number of hydrogen-bond donors (Lipinski definition) is 0. The standard InChI is InChI=1S/C14H15NO4/c16-12-9-10-13(17)15(12)19-14(18)8-4-7-11-5-2-1-3-6-11/h1-3,5-6H,4,7-10H2. The number of hydroxylamine groups is 2. The maximum Gasteiger partial charge on any atom is 0.333 e. The van der Waals surface area contributed by atoms with Crippen LogP contribution in [-0.4, -0.2) is 22.8 Å². The van der Waals surface area contributed by atoms with Crippen LogP contribution in [-0.2, 0) is 25.6 Å². The Kier molecular flexibility index (Phi) is 4.28. The summed E-state index contributed by atoms with van der Waals surface area (Å²) in [7, 11) is 0. The van der Waals surface area contributed by atoms with Gasteiger partial charge in [-0.1, -0.05) is 30.3 Å². The molecule has 0 N–H and O–H groups in total. The Bertz CT molecular complexity index is 467. The fourth-order valence-corrected chi connectivity index (χ4v) is 1.89. The number of aryl methyl sites for hydroxylation is 1. The maximum atomic E-state index is 11.5. The SMILES string of the molecule is O=C(CCCc1ccccc1)ON1C(=O)CCC1=O. The molecule has 100 valence electrons. The second-order valence-electron chi connectivity index (χ2n) is 4.38. The smallest absolute Gasteiger partial charge is 0.330 e. The van der Waals surface area contributed by atoms with E-state index in [1.807, 2.05) is 30.3 Å². The molecule has 0 aliphatic carbocycles. The Labute approximate surface area is 111 Å². The van der Waals surface area contributed by atoms with Crippen molar-refractivity contribution < 1.29 is 19.2 Å². The largest absolute Gasteiger partial charge is 0.333 e. The first-order valence-electron chi connectivity index (χ1n) is 6.27. The zero-order chi connectivity index (χ0) is 13.7. The molecule has 19 heavy (non-hydrogen) atoms. The molecule has 0 spiro atoms. The molecule has 1 aromatic rings.